The van der Waals surface area contributed by atoms with Gasteiger partial charge in [0.1, 0.15) is 6.10 Å². The van der Waals surface area contributed by atoms with Crippen LogP contribution in [0.4, 0.5) is 22.7 Å². The van der Waals surface area contributed by atoms with Crippen molar-refractivity contribution in [3.63, 3.8) is 0 Å². The average molecular weight is 576 g/mol. The maximum Gasteiger partial charge on any atom is 0.339 e. The van der Waals surface area contributed by atoms with Crippen LogP contribution in [0.5, 0.6) is 0 Å². The average Bonchev–Trinajstić information content (AvgIpc) is 2.94. The summed E-state index contributed by atoms with van der Waals surface area (Å²) in [5.74, 6) is -3.78. The minimum atomic E-state index is -1.46. The van der Waals surface area contributed by atoms with E-state index in [1.54, 1.807) is 0 Å². The van der Waals surface area contributed by atoms with E-state index in [0.29, 0.717) is 25.0 Å². The molecular formula is C23H20N4O14. The van der Waals surface area contributed by atoms with Gasteiger partial charge in [0, 0.05) is 37.1 Å². The number of nitrogens with zero attached hydrogens (tertiary/aromatic N) is 4. The molecule has 0 saturated carbocycles. The summed E-state index contributed by atoms with van der Waals surface area (Å²) in [4.78, 5) is 67.0. The van der Waals surface area contributed by atoms with Crippen LogP contribution in [0.2, 0.25) is 0 Å². The van der Waals surface area contributed by atoms with E-state index >= 15 is 0 Å². The number of carbonyl (C=O) groups is 2. The summed E-state index contributed by atoms with van der Waals surface area (Å²) in [5.41, 5.74) is -3.81. The van der Waals surface area contributed by atoms with E-state index in [1.807, 2.05) is 0 Å². The molecule has 18 heteroatoms. The van der Waals surface area contributed by atoms with Crippen molar-refractivity contribution in [2.24, 2.45) is 0 Å². The van der Waals surface area contributed by atoms with Crippen LogP contribution in [0.25, 0.3) is 0 Å². The second kappa shape index (κ2) is 11.6. The Kier molecular flexibility index (Phi) is 8.15. The molecule has 3 atom stereocenters. The van der Waals surface area contributed by atoms with Gasteiger partial charge in [0.25, 0.3) is 22.7 Å². The number of esters is 2. The predicted molar refractivity (Wildman–Crippen MR) is 131 cm³/mol. The molecule has 0 aromatic heterocycles. The molecule has 0 radical (unpaired) electrons. The zero-order valence-corrected chi connectivity index (χ0v) is 20.9. The van der Waals surface area contributed by atoms with Crippen LogP contribution in [0, 0.1) is 40.5 Å². The van der Waals surface area contributed by atoms with Gasteiger partial charge in [0.05, 0.1) is 56.2 Å². The van der Waals surface area contributed by atoms with E-state index < -0.39 is 83.5 Å². The lowest BCUT2D eigenvalue weighted by molar-refractivity contribution is -0.394. The second-order valence-corrected chi connectivity index (χ2v) is 9.09. The van der Waals surface area contributed by atoms with Gasteiger partial charge in [-0.2, -0.15) is 0 Å². The number of non-ortho nitro benzene ring substituents is 4. The molecule has 2 aromatic carbocycles. The lowest BCUT2D eigenvalue weighted by Gasteiger charge is -2.46. The number of ether oxygens (including phenoxy) is 4. The van der Waals surface area contributed by atoms with Crippen molar-refractivity contribution < 1.29 is 48.2 Å². The Morgan fingerprint density at radius 2 is 1.17 bits per heavy atom. The van der Waals surface area contributed by atoms with Gasteiger partial charge in [0.2, 0.25) is 5.79 Å². The van der Waals surface area contributed by atoms with Crippen molar-refractivity contribution in [2.75, 3.05) is 13.2 Å². The standard InChI is InChI=1S/C23H20N4O14/c28-21(13-5-15(24(30)31)9-16(6-13)25(32)33)40-19-11-20(23(39-12-19)3-1-2-4-38-23)41-22(29)14-7-17(26(34)35)10-18(8-14)27(36)37/h5-10,19-20H,1-4,11-12H2/t19-,20+,23-/m0/s1. The molecule has 2 heterocycles. The molecule has 2 fully saturated rings. The van der Waals surface area contributed by atoms with Crippen LogP contribution < -0.4 is 0 Å². The molecule has 2 aromatic rings. The highest BCUT2D eigenvalue weighted by Gasteiger charge is 2.50. The maximum atomic E-state index is 13.0. The molecule has 2 aliphatic heterocycles. The van der Waals surface area contributed by atoms with E-state index in [-0.39, 0.29) is 26.1 Å². The Hall–Kier alpha value is -5.10. The first-order valence-corrected chi connectivity index (χ1v) is 12.0. The molecule has 0 unspecified atom stereocenters. The summed E-state index contributed by atoms with van der Waals surface area (Å²) in [7, 11) is 0. The van der Waals surface area contributed by atoms with Crippen molar-refractivity contribution in [1.29, 1.82) is 0 Å². The van der Waals surface area contributed by atoms with Crippen LogP contribution in [-0.2, 0) is 18.9 Å². The van der Waals surface area contributed by atoms with Crippen LogP contribution in [0.1, 0.15) is 46.4 Å². The Labute approximate surface area is 228 Å². The fourth-order valence-electron chi connectivity index (χ4n) is 4.46. The van der Waals surface area contributed by atoms with Crippen LogP contribution in [0.3, 0.4) is 0 Å². The number of hydrogen-bond donors (Lipinski definition) is 0. The molecular weight excluding hydrogens is 556 g/mol. The largest absolute Gasteiger partial charge is 0.456 e. The number of nitro groups is 4. The normalized spacial score (nSPS) is 22.0. The Balaban J connectivity index is 1.58. The smallest absolute Gasteiger partial charge is 0.339 e. The van der Waals surface area contributed by atoms with Gasteiger partial charge in [-0.05, 0) is 12.8 Å². The molecule has 0 aliphatic carbocycles. The van der Waals surface area contributed by atoms with Crippen molar-refractivity contribution in [2.45, 2.75) is 43.7 Å². The summed E-state index contributed by atoms with van der Waals surface area (Å²) in [6.07, 6.45) is -1.04. The Morgan fingerprint density at radius 1 is 0.707 bits per heavy atom. The maximum absolute atomic E-state index is 13.0. The summed E-state index contributed by atoms with van der Waals surface area (Å²) < 4.78 is 22.6. The quantitative estimate of drug-likeness (QED) is 0.248. The van der Waals surface area contributed by atoms with Gasteiger partial charge in [0.15, 0.2) is 6.10 Å². The zero-order valence-electron chi connectivity index (χ0n) is 20.9. The minimum Gasteiger partial charge on any atom is -0.456 e. The van der Waals surface area contributed by atoms with Crippen LogP contribution in [-0.4, -0.2) is 62.8 Å². The van der Waals surface area contributed by atoms with Gasteiger partial charge >= 0.3 is 11.9 Å². The number of benzene rings is 2. The number of hydrogen-bond acceptors (Lipinski definition) is 14. The Morgan fingerprint density at radius 3 is 1.59 bits per heavy atom. The third kappa shape index (κ3) is 6.39. The molecule has 2 saturated heterocycles. The number of rotatable bonds is 8. The fraction of sp³-hybridized carbons (Fsp3) is 0.391. The molecule has 1 spiro atoms. The summed E-state index contributed by atoms with van der Waals surface area (Å²) in [5, 5.41) is 44.8. The molecule has 18 nitrogen and oxygen atoms in total. The highest BCUT2D eigenvalue weighted by molar-refractivity contribution is 5.92. The first kappa shape index (κ1) is 28.9. The van der Waals surface area contributed by atoms with Crippen molar-refractivity contribution in [1.82, 2.24) is 0 Å². The molecule has 0 amide bonds. The van der Waals surface area contributed by atoms with Crippen molar-refractivity contribution >= 4 is 34.7 Å². The monoisotopic (exact) mass is 576 g/mol. The van der Waals surface area contributed by atoms with Gasteiger partial charge in [-0.15, -0.1) is 0 Å². The van der Waals surface area contributed by atoms with Crippen LogP contribution >= 0.6 is 0 Å². The predicted octanol–water partition coefficient (Wildman–Crippen LogP) is 3.39. The van der Waals surface area contributed by atoms with Gasteiger partial charge in [-0.1, -0.05) is 0 Å². The highest BCUT2D eigenvalue weighted by Crippen LogP contribution is 2.38. The number of carbonyl (C=O) groups excluding carboxylic acids is 2. The fourth-order valence-corrected chi connectivity index (χ4v) is 4.46. The zero-order chi connectivity index (χ0) is 29.9. The van der Waals surface area contributed by atoms with E-state index in [4.69, 9.17) is 18.9 Å². The van der Waals surface area contributed by atoms with E-state index in [1.165, 1.54) is 0 Å². The Bertz CT molecular complexity index is 1370. The molecule has 0 bridgehead atoms. The minimum absolute atomic E-state index is 0.217. The van der Waals surface area contributed by atoms with E-state index in [0.717, 1.165) is 24.3 Å². The third-order valence-electron chi connectivity index (χ3n) is 6.39. The molecule has 4 rings (SSSR count). The van der Waals surface area contributed by atoms with Crippen LogP contribution in [0.15, 0.2) is 36.4 Å². The summed E-state index contributed by atoms with van der Waals surface area (Å²) >= 11 is 0. The summed E-state index contributed by atoms with van der Waals surface area (Å²) in [6.45, 7) is -0.0166. The number of nitro benzene ring substituents is 4. The van der Waals surface area contributed by atoms with E-state index in [9.17, 15) is 50.0 Å². The van der Waals surface area contributed by atoms with Gasteiger partial charge in [-0.25, -0.2) is 9.59 Å². The third-order valence-corrected chi connectivity index (χ3v) is 6.39. The van der Waals surface area contributed by atoms with E-state index in [2.05, 4.69) is 0 Å². The van der Waals surface area contributed by atoms with Gasteiger partial charge < -0.3 is 18.9 Å². The molecule has 0 N–H and O–H groups in total. The van der Waals surface area contributed by atoms with Crippen molar-refractivity contribution in [3.05, 3.63) is 88.0 Å². The first-order valence-electron chi connectivity index (χ1n) is 12.0. The lowest BCUT2D eigenvalue weighted by Crippen LogP contribution is -2.57. The first-order chi connectivity index (χ1) is 19.4. The summed E-state index contributed by atoms with van der Waals surface area (Å²) in [6, 6.07) is 4.58. The van der Waals surface area contributed by atoms with Crippen molar-refractivity contribution in [3.8, 4) is 0 Å². The second-order valence-electron chi connectivity index (χ2n) is 9.09. The molecule has 41 heavy (non-hydrogen) atoms. The van der Waals surface area contributed by atoms with Gasteiger partial charge in [-0.3, -0.25) is 40.5 Å². The molecule has 216 valence electrons. The lowest BCUT2D eigenvalue weighted by atomic mass is 9.93. The topological polar surface area (TPSA) is 244 Å². The highest BCUT2D eigenvalue weighted by atomic mass is 16.7. The molecule has 2 aliphatic rings. The SMILES string of the molecule is O=C(O[C@@H]1CO[C@@]2(CCCCO2)[C@H](OC(=O)c2cc([N+](=O)[O-])cc([N+](=O)[O-])c2)C1)c1cc([N+](=O)[O-])cc([N+](=O)[O-])c1.